The molecule has 0 aromatic heterocycles. The van der Waals surface area contributed by atoms with Gasteiger partial charge in [0.2, 0.25) is 0 Å². The lowest BCUT2D eigenvalue weighted by molar-refractivity contribution is -0.274. The summed E-state index contributed by atoms with van der Waals surface area (Å²) in [5.74, 6) is -0.191. The lowest BCUT2D eigenvalue weighted by Gasteiger charge is -2.36. The molecule has 29 heavy (non-hydrogen) atoms. The van der Waals surface area contributed by atoms with Crippen LogP contribution in [0.2, 0.25) is 0 Å². The van der Waals surface area contributed by atoms with E-state index in [1.54, 1.807) is 12.1 Å². The summed E-state index contributed by atoms with van der Waals surface area (Å²) in [6, 6.07) is 5.61. The molecule has 1 heterocycles. The molecule has 2 aliphatic rings. The molecule has 1 aliphatic heterocycles. The van der Waals surface area contributed by atoms with Crippen molar-refractivity contribution in [3.8, 4) is 5.75 Å². The van der Waals surface area contributed by atoms with E-state index in [9.17, 15) is 23.1 Å². The third-order valence-electron chi connectivity index (χ3n) is 5.79. The lowest BCUT2D eigenvalue weighted by atomic mass is 9.75. The molecule has 0 radical (unpaired) electrons. The standard InChI is InChI=1S/C21H26F3NO4/c22-21(23,24)29-17-6-4-16(5-7-17)18(20(28)10-2-1-3-11-20)14-15-8-12-25(13-9-15)19(26)27/h4-7,14-15,28H,1-3,8-13H2,(H,26,27). The SMILES string of the molecule is O=C(O)N1CCC(C=C(c2ccc(OC(F)(F)F)cc2)C2(O)CCCCC2)CC1. The molecule has 1 saturated heterocycles. The minimum atomic E-state index is -4.75. The van der Waals surface area contributed by atoms with Crippen LogP contribution < -0.4 is 4.74 Å². The molecule has 1 amide bonds. The molecule has 8 heteroatoms. The monoisotopic (exact) mass is 413 g/mol. The molecular weight excluding hydrogens is 387 g/mol. The zero-order valence-electron chi connectivity index (χ0n) is 16.1. The van der Waals surface area contributed by atoms with E-state index in [0.29, 0.717) is 44.3 Å². The average Bonchev–Trinajstić information content (AvgIpc) is 2.66. The lowest BCUT2D eigenvalue weighted by Crippen LogP contribution is -2.38. The van der Waals surface area contributed by atoms with Crippen LogP contribution in [0.25, 0.3) is 5.57 Å². The molecule has 0 unspecified atom stereocenters. The van der Waals surface area contributed by atoms with E-state index in [-0.39, 0.29) is 11.7 Å². The molecule has 5 nitrogen and oxygen atoms in total. The summed E-state index contributed by atoms with van der Waals surface area (Å²) in [6.45, 7) is 0.862. The Morgan fingerprint density at radius 1 is 1.10 bits per heavy atom. The molecule has 1 saturated carbocycles. The zero-order valence-corrected chi connectivity index (χ0v) is 16.1. The third kappa shape index (κ3) is 5.65. The smallest absolute Gasteiger partial charge is 0.465 e. The normalized spacial score (nSPS) is 21.1. The Balaban J connectivity index is 1.85. The van der Waals surface area contributed by atoms with Crippen LogP contribution in [-0.2, 0) is 0 Å². The number of carboxylic acid groups (broad SMARTS) is 1. The molecule has 2 fully saturated rings. The van der Waals surface area contributed by atoms with Crippen LogP contribution in [-0.4, -0.2) is 46.3 Å². The molecule has 3 rings (SSSR count). The van der Waals surface area contributed by atoms with E-state index < -0.39 is 18.1 Å². The second kappa shape index (κ2) is 8.65. The number of hydrogen-bond donors (Lipinski definition) is 2. The summed E-state index contributed by atoms with van der Waals surface area (Å²) in [7, 11) is 0. The first kappa shape index (κ1) is 21.5. The second-order valence-corrected chi connectivity index (χ2v) is 7.85. The second-order valence-electron chi connectivity index (χ2n) is 7.85. The number of piperidine rings is 1. The van der Waals surface area contributed by atoms with Crippen molar-refractivity contribution in [2.24, 2.45) is 5.92 Å². The predicted octanol–water partition coefficient (Wildman–Crippen LogP) is 5.05. The number of hydrogen-bond acceptors (Lipinski definition) is 3. The zero-order chi connectivity index (χ0) is 21.1. The van der Waals surface area contributed by atoms with E-state index in [1.165, 1.54) is 17.0 Å². The van der Waals surface area contributed by atoms with Crippen LogP contribution in [0.1, 0.15) is 50.5 Å². The Labute approximate surface area is 167 Å². The van der Waals surface area contributed by atoms with Gasteiger partial charge in [-0.3, -0.25) is 0 Å². The molecule has 2 N–H and O–H groups in total. The summed E-state index contributed by atoms with van der Waals surface area (Å²) < 4.78 is 41.2. The molecule has 1 aromatic carbocycles. The summed E-state index contributed by atoms with van der Waals surface area (Å²) in [4.78, 5) is 12.5. The highest BCUT2D eigenvalue weighted by molar-refractivity contribution is 5.73. The Hall–Kier alpha value is -2.22. The predicted molar refractivity (Wildman–Crippen MR) is 101 cm³/mol. The number of rotatable bonds is 4. The number of benzene rings is 1. The molecule has 1 aliphatic carbocycles. The van der Waals surface area contributed by atoms with Gasteiger partial charge in [0.05, 0.1) is 5.60 Å². The number of carbonyl (C=O) groups is 1. The summed E-state index contributed by atoms with van der Waals surface area (Å²) >= 11 is 0. The number of amides is 1. The largest absolute Gasteiger partial charge is 0.573 e. The van der Waals surface area contributed by atoms with Gasteiger partial charge in [0.15, 0.2) is 0 Å². The highest BCUT2D eigenvalue weighted by atomic mass is 19.4. The molecule has 1 aromatic rings. The van der Waals surface area contributed by atoms with Crippen molar-refractivity contribution in [3.63, 3.8) is 0 Å². The fraction of sp³-hybridized carbons (Fsp3) is 0.571. The van der Waals surface area contributed by atoms with Gasteiger partial charge in [0.25, 0.3) is 0 Å². The van der Waals surface area contributed by atoms with Crippen LogP contribution in [0.3, 0.4) is 0 Å². The van der Waals surface area contributed by atoms with Crippen molar-refractivity contribution < 1.29 is 32.9 Å². The molecule has 0 bridgehead atoms. The summed E-state index contributed by atoms with van der Waals surface area (Å²) in [5, 5.41) is 20.4. The van der Waals surface area contributed by atoms with Crippen LogP contribution in [0, 0.1) is 5.92 Å². The number of aliphatic hydroxyl groups is 1. The minimum Gasteiger partial charge on any atom is -0.465 e. The van der Waals surface area contributed by atoms with Crippen molar-refractivity contribution in [3.05, 3.63) is 35.9 Å². The topological polar surface area (TPSA) is 70.0 Å². The van der Waals surface area contributed by atoms with Crippen molar-refractivity contribution in [2.75, 3.05) is 13.1 Å². The van der Waals surface area contributed by atoms with Crippen LogP contribution in [0.4, 0.5) is 18.0 Å². The maximum atomic E-state index is 12.4. The third-order valence-corrected chi connectivity index (χ3v) is 5.79. The van der Waals surface area contributed by atoms with Crippen molar-refractivity contribution in [1.29, 1.82) is 0 Å². The fourth-order valence-corrected chi connectivity index (χ4v) is 4.26. The van der Waals surface area contributed by atoms with Gasteiger partial charge in [0, 0.05) is 13.1 Å². The Morgan fingerprint density at radius 3 is 2.21 bits per heavy atom. The summed E-state index contributed by atoms with van der Waals surface area (Å²) in [5.41, 5.74) is 0.378. The minimum absolute atomic E-state index is 0.109. The first-order chi connectivity index (χ1) is 13.7. The highest BCUT2D eigenvalue weighted by Gasteiger charge is 2.35. The van der Waals surface area contributed by atoms with Gasteiger partial charge in [-0.1, -0.05) is 37.5 Å². The van der Waals surface area contributed by atoms with Gasteiger partial charge in [-0.15, -0.1) is 13.2 Å². The quantitative estimate of drug-likeness (QED) is 0.724. The van der Waals surface area contributed by atoms with Gasteiger partial charge >= 0.3 is 12.5 Å². The molecular formula is C21H26F3NO4. The summed E-state index contributed by atoms with van der Waals surface area (Å²) in [6.07, 6.45) is 1.67. The van der Waals surface area contributed by atoms with Gasteiger partial charge in [0.1, 0.15) is 5.75 Å². The van der Waals surface area contributed by atoms with E-state index in [4.69, 9.17) is 5.11 Å². The van der Waals surface area contributed by atoms with Gasteiger partial charge in [-0.05, 0) is 54.9 Å². The molecule has 0 atom stereocenters. The van der Waals surface area contributed by atoms with Gasteiger partial charge in [-0.25, -0.2) is 4.79 Å². The van der Waals surface area contributed by atoms with Crippen LogP contribution >= 0.6 is 0 Å². The number of halogens is 3. The number of ether oxygens (including phenoxy) is 1. The molecule has 0 spiro atoms. The van der Waals surface area contributed by atoms with E-state index in [1.807, 2.05) is 6.08 Å². The van der Waals surface area contributed by atoms with Gasteiger partial charge in [-0.2, -0.15) is 0 Å². The first-order valence-corrected chi connectivity index (χ1v) is 9.95. The van der Waals surface area contributed by atoms with Crippen LogP contribution in [0.15, 0.2) is 30.3 Å². The van der Waals surface area contributed by atoms with Crippen LogP contribution in [0.5, 0.6) is 5.75 Å². The van der Waals surface area contributed by atoms with Crippen molar-refractivity contribution >= 4 is 11.7 Å². The number of alkyl halides is 3. The Bertz CT molecular complexity index is 731. The number of allylic oxidation sites excluding steroid dienone is 1. The van der Waals surface area contributed by atoms with Gasteiger partial charge < -0.3 is 19.8 Å². The number of likely N-dealkylation sites (tertiary alicyclic amines) is 1. The molecule has 160 valence electrons. The average molecular weight is 413 g/mol. The number of nitrogens with zero attached hydrogens (tertiary/aromatic N) is 1. The Morgan fingerprint density at radius 2 is 1.69 bits per heavy atom. The van der Waals surface area contributed by atoms with Crippen molar-refractivity contribution in [2.45, 2.75) is 56.9 Å². The maximum Gasteiger partial charge on any atom is 0.573 e. The van der Waals surface area contributed by atoms with E-state index >= 15 is 0 Å². The van der Waals surface area contributed by atoms with Crippen molar-refractivity contribution in [1.82, 2.24) is 4.90 Å². The Kier molecular flexibility index (Phi) is 6.41. The first-order valence-electron chi connectivity index (χ1n) is 9.95. The fourth-order valence-electron chi connectivity index (χ4n) is 4.26. The van der Waals surface area contributed by atoms with E-state index in [2.05, 4.69) is 4.74 Å². The highest BCUT2D eigenvalue weighted by Crippen LogP contribution is 2.41. The van der Waals surface area contributed by atoms with E-state index in [0.717, 1.165) is 24.8 Å². The maximum absolute atomic E-state index is 12.4.